The van der Waals surface area contributed by atoms with Crippen molar-refractivity contribution in [3.8, 4) is 0 Å². The number of aryl methyl sites for hydroxylation is 2. The smallest absolute Gasteiger partial charge is 0.254 e. The van der Waals surface area contributed by atoms with Gasteiger partial charge in [0.2, 0.25) is 5.24 Å². The van der Waals surface area contributed by atoms with Crippen LogP contribution in [0.2, 0.25) is 0 Å². The predicted octanol–water partition coefficient (Wildman–Crippen LogP) is 2.82. The Bertz CT molecular complexity index is 503. The molecule has 0 saturated carbocycles. The molecule has 100 valence electrons. The van der Waals surface area contributed by atoms with Crippen LogP contribution in [-0.2, 0) is 17.8 Å². The van der Waals surface area contributed by atoms with Crippen LogP contribution in [0.15, 0.2) is 10.9 Å². The van der Waals surface area contributed by atoms with E-state index in [1.54, 1.807) is 4.57 Å². The van der Waals surface area contributed by atoms with Gasteiger partial charge in [0.1, 0.15) is 0 Å². The number of hydrogen-bond donors (Lipinski definition) is 0. The van der Waals surface area contributed by atoms with Gasteiger partial charge in [-0.15, -0.1) is 0 Å². The van der Waals surface area contributed by atoms with E-state index < -0.39 is 5.24 Å². The summed E-state index contributed by atoms with van der Waals surface area (Å²) in [5, 5.41) is -0.491. The normalized spacial score (nSPS) is 11.0. The van der Waals surface area contributed by atoms with E-state index >= 15 is 0 Å². The SMILES string of the molecule is Cc1cc(C)n(CCC(C)C)c(=O)c1CC(=O)Cl. The summed E-state index contributed by atoms with van der Waals surface area (Å²) in [5.74, 6) is 0.538. The Kier molecular flexibility index (Phi) is 5.15. The van der Waals surface area contributed by atoms with Crippen molar-refractivity contribution in [3.05, 3.63) is 33.2 Å². The summed E-state index contributed by atoms with van der Waals surface area (Å²) in [6.45, 7) is 8.69. The highest BCUT2D eigenvalue weighted by Crippen LogP contribution is 2.10. The molecule has 0 aliphatic carbocycles. The third-order valence-corrected chi connectivity index (χ3v) is 3.21. The molecule has 4 heteroatoms. The Labute approximate surface area is 113 Å². The second-order valence-corrected chi connectivity index (χ2v) is 5.54. The molecular formula is C14H20ClNO2. The first-order chi connectivity index (χ1) is 8.32. The van der Waals surface area contributed by atoms with Crippen molar-refractivity contribution in [2.75, 3.05) is 0 Å². The highest BCUT2D eigenvalue weighted by Gasteiger charge is 2.13. The molecule has 0 aliphatic rings. The van der Waals surface area contributed by atoms with Crippen molar-refractivity contribution in [1.82, 2.24) is 4.57 Å². The quantitative estimate of drug-likeness (QED) is 0.771. The number of nitrogens with zero attached hydrogens (tertiary/aromatic N) is 1. The standard InChI is InChI=1S/C14H20ClNO2/c1-9(2)5-6-16-11(4)7-10(3)12(14(16)18)8-13(15)17/h7,9H,5-6,8H2,1-4H3. The Morgan fingerprint density at radius 3 is 2.50 bits per heavy atom. The molecule has 0 radical (unpaired) electrons. The van der Waals surface area contributed by atoms with Gasteiger partial charge in [0, 0.05) is 17.8 Å². The van der Waals surface area contributed by atoms with E-state index in [0.29, 0.717) is 18.0 Å². The lowest BCUT2D eigenvalue weighted by Gasteiger charge is -2.14. The van der Waals surface area contributed by atoms with Crippen LogP contribution < -0.4 is 5.56 Å². The summed E-state index contributed by atoms with van der Waals surface area (Å²) >= 11 is 5.39. The van der Waals surface area contributed by atoms with Crippen LogP contribution in [0.4, 0.5) is 0 Å². The van der Waals surface area contributed by atoms with Gasteiger partial charge >= 0.3 is 0 Å². The summed E-state index contributed by atoms with van der Waals surface area (Å²) in [7, 11) is 0. The molecule has 1 aromatic rings. The highest BCUT2D eigenvalue weighted by molar-refractivity contribution is 6.63. The zero-order valence-corrected chi connectivity index (χ0v) is 12.2. The number of pyridine rings is 1. The van der Waals surface area contributed by atoms with Crippen LogP contribution >= 0.6 is 11.6 Å². The molecule has 0 atom stereocenters. The van der Waals surface area contributed by atoms with Crippen LogP contribution in [-0.4, -0.2) is 9.81 Å². The van der Waals surface area contributed by atoms with Crippen molar-refractivity contribution in [3.63, 3.8) is 0 Å². The molecule has 0 aliphatic heterocycles. The number of halogens is 1. The molecular weight excluding hydrogens is 250 g/mol. The first-order valence-corrected chi connectivity index (χ1v) is 6.59. The number of hydrogen-bond acceptors (Lipinski definition) is 2. The summed E-state index contributed by atoms with van der Waals surface area (Å²) in [4.78, 5) is 23.3. The van der Waals surface area contributed by atoms with Gasteiger partial charge in [0.15, 0.2) is 0 Å². The zero-order valence-electron chi connectivity index (χ0n) is 11.4. The third kappa shape index (κ3) is 3.70. The highest BCUT2D eigenvalue weighted by atomic mass is 35.5. The monoisotopic (exact) mass is 269 g/mol. The van der Waals surface area contributed by atoms with Crippen LogP contribution in [0.25, 0.3) is 0 Å². The lowest BCUT2D eigenvalue weighted by molar-refractivity contribution is -0.111. The van der Waals surface area contributed by atoms with E-state index in [-0.39, 0.29) is 12.0 Å². The van der Waals surface area contributed by atoms with Gasteiger partial charge in [-0.3, -0.25) is 9.59 Å². The largest absolute Gasteiger partial charge is 0.313 e. The van der Waals surface area contributed by atoms with E-state index in [1.807, 2.05) is 19.9 Å². The predicted molar refractivity (Wildman–Crippen MR) is 74.2 cm³/mol. The molecule has 0 fully saturated rings. The maximum atomic E-state index is 12.3. The molecule has 0 aromatic carbocycles. The molecule has 18 heavy (non-hydrogen) atoms. The Morgan fingerprint density at radius 2 is 2.00 bits per heavy atom. The van der Waals surface area contributed by atoms with Gasteiger partial charge in [-0.2, -0.15) is 0 Å². The molecule has 1 rings (SSSR count). The Hall–Kier alpha value is -1.09. The Balaban J connectivity index is 3.18. The van der Waals surface area contributed by atoms with E-state index in [9.17, 15) is 9.59 Å². The number of carbonyl (C=O) groups excluding carboxylic acids is 1. The van der Waals surface area contributed by atoms with Crippen LogP contribution in [0.3, 0.4) is 0 Å². The third-order valence-electron chi connectivity index (χ3n) is 3.08. The van der Waals surface area contributed by atoms with Crippen molar-refractivity contribution in [2.24, 2.45) is 5.92 Å². The first-order valence-electron chi connectivity index (χ1n) is 6.21. The van der Waals surface area contributed by atoms with Crippen molar-refractivity contribution < 1.29 is 4.79 Å². The first kappa shape index (κ1) is 15.0. The van der Waals surface area contributed by atoms with Gasteiger partial charge in [-0.25, -0.2) is 0 Å². The summed E-state index contributed by atoms with van der Waals surface area (Å²) < 4.78 is 1.74. The summed E-state index contributed by atoms with van der Waals surface area (Å²) in [6, 6.07) is 1.94. The summed E-state index contributed by atoms with van der Waals surface area (Å²) in [6.07, 6.45) is 0.951. The second kappa shape index (κ2) is 6.19. The fraction of sp³-hybridized carbons (Fsp3) is 0.571. The minimum absolute atomic E-state index is 0.00812. The minimum Gasteiger partial charge on any atom is -0.313 e. The average Bonchev–Trinajstić information content (AvgIpc) is 2.23. The lowest BCUT2D eigenvalue weighted by Crippen LogP contribution is -2.28. The fourth-order valence-corrected chi connectivity index (χ4v) is 2.12. The molecule has 0 spiro atoms. The van der Waals surface area contributed by atoms with Gasteiger partial charge in [-0.1, -0.05) is 13.8 Å². The molecule has 0 saturated heterocycles. The van der Waals surface area contributed by atoms with Gasteiger partial charge in [0.25, 0.3) is 5.56 Å². The van der Waals surface area contributed by atoms with Crippen LogP contribution in [0.5, 0.6) is 0 Å². The van der Waals surface area contributed by atoms with Gasteiger partial charge < -0.3 is 4.57 Å². The lowest BCUT2D eigenvalue weighted by atomic mass is 10.1. The number of carbonyl (C=O) groups is 1. The van der Waals surface area contributed by atoms with E-state index in [4.69, 9.17) is 11.6 Å². The van der Waals surface area contributed by atoms with Crippen molar-refractivity contribution >= 4 is 16.8 Å². The fourth-order valence-electron chi connectivity index (χ4n) is 1.99. The van der Waals surface area contributed by atoms with Crippen LogP contribution in [0.1, 0.15) is 37.1 Å². The molecule has 1 aromatic heterocycles. The number of aromatic nitrogens is 1. The maximum absolute atomic E-state index is 12.3. The van der Waals surface area contributed by atoms with Gasteiger partial charge in [-0.05, 0) is 49.4 Å². The second-order valence-electron chi connectivity index (χ2n) is 5.12. The van der Waals surface area contributed by atoms with E-state index in [2.05, 4.69) is 13.8 Å². The minimum atomic E-state index is -0.491. The van der Waals surface area contributed by atoms with E-state index in [1.165, 1.54) is 0 Å². The van der Waals surface area contributed by atoms with E-state index in [0.717, 1.165) is 17.7 Å². The summed E-state index contributed by atoms with van der Waals surface area (Å²) in [5.41, 5.74) is 2.21. The molecule has 3 nitrogen and oxygen atoms in total. The van der Waals surface area contributed by atoms with Crippen LogP contribution in [0, 0.1) is 19.8 Å². The van der Waals surface area contributed by atoms with Crippen molar-refractivity contribution in [2.45, 2.75) is 47.1 Å². The molecule has 0 amide bonds. The zero-order chi connectivity index (χ0) is 13.9. The average molecular weight is 270 g/mol. The Morgan fingerprint density at radius 1 is 1.39 bits per heavy atom. The molecule has 0 bridgehead atoms. The van der Waals surface area contributed by atoms with Gasteiger partial charge in [0.05, 0.1) is 6.42 Å². The number of rotatable bonds is 5. The molecule has 0 N–H and O–H groups in total. The topological polar surface area (TPSA) is 39.1 Å². The maximum Gasteiger partial charge on any atom is 0.254 e. The van der Waals surface area contributed by atoms with Crippen molar-refractivity contribution in [1.29, 1.82) is 0 Å². The molecule has 0 unspecified atom stereocenters. The molecule has 1 heterocycles.